The maximum Gasteiger partial charge on any atom is 0.253 e. The average molecular weight is 406 g/mol. The van der Waals surface area contributed by atoms with Crippen LogP contribution in [0.15, 0.2) is 60.9 Å². The van der Waals surface area contributed by atoms with Crippen molar-refractivity contribution in [2.24, 2.45) is 0 Å². The second kappa shape index (κ2) is 7.22. The molecule has 1 atom stereocenters. The van der Waals surface area contributed by atoms with Crippen LogP contribution in [-0.4, -0.2) is 27.1 Å². The highest BCUT2D eigenvalue weighted by Crippen LogP contribution is 2.32. The third kappa shape index (κ3) is 3.06. The lowest BCUT2D eigenvalue weighted by atomic mass is 10.0. The quantitative estimate of drug-likeness (QED) is 0.560. The zero-order valence-corrected chi connectivity index (χ0v) is 15.7. The molecule has 1 amide bonds. The Morgan fingerprint density at radius 2 is 1.90 bits per heavy atom. The molecule has 8 heteroatoms. The summed E-state index contributed by atoms with van der Waals surface area (Å²) >= 11 is 0. The van der Waals surface area contributed by atoms with E-state index in [0.29, 0.717) is 24.2 Å². The fraction of sp³-hybridized carbons (Fsp3) is 0.136. The number of ether oxygens (including phenoxy) is 1. The zero-order chi connectivity index (χ0) is 20.7. The molecule has 2 aromatic carbocycles. The van der Waals surface area contributed by atoms with E-state index in [0.717, 1.165) is 11.3 Å². The third-order valence-corrected chi connectivity index (χ3v) is 5.11. The van der Waals surface area contributed by atoms with Gasteiger partial charge in [-0.2, -0.15) is 5.10 Å². The number of para-hydroxylation sites is 1. The summed E-state index contributed by atoms with van der Waals surface area (Å²) in [5.74, 6) is -0.974. The number of carbonyl (C=O) groups excluding carboxylic acids is 1. The van der Waals surface area contributed by atoms with Crippen molar-refractivity contribution in [3.05, 3.63) is 83.7 Å². The number of fused-ring (bicyclic) bond motifs is 2. The summed E-state index contributed by atoms with van der Waals surface area (Å²) in [4.78, 5) is 17.0. The smallest absolute Gasteiger partial charge is 0.253 e. The van der Waals surface area contributed by atoms with E-state index in [9.17, 15) is 13.6 Å². The maximum absolute atomic E-state index is 14.1. The molecular weight excluding hydrogens is 390 g/mol. The largest absolute Gasteiger partial charge is 0.493 e. The van der Waals surface area contributed by atoms with E-state index in [-0.39, 0.29) is 23.2 Å². The van der Waals surface area contributed by atoms with Crippen molar-refractivity contribution in [3.63, 3.8) is 0 Å². The van der Waals surface area contributed by atoms with Crippen molar-refractivity contribution in [1.29, 1.82) is 0 Å². The number of hydrogen-bond acceptors (Lipinski definition) is 4. The van der Waals surface area contributed by atoms with Crippen molar-refractivity contribution >= 4 is 11.6 Å². The molecule has 2 aromatic heterocycles. The number of nitrogens with zero attached hydrogens (tertiary/aromatic N) is 3. The van der Waals surface area contributed by atoms with Crippen LogP contribution in [0.4, 0.5) is 8.78 Å². The van der Waals surface area contributed by atoms with Gasteiger partial charge in [-0.1, -0.05) is 24.3 Å². The summed E-state index contributed by atoms with van der Waals surface area (Å²) in [6.45, 7) is 0.511. The van der Waals surface area contributed by atoms with Crippen LogP contribution >= 0.6 is 0 Å². The summed E-state index contributed by atoms with van der Waals surface area (Å²) in [5, 5.41) is 7.19. The molecule has 0 bridgehead atoms. The molecular formula is C22H16F2N4O2. The summed E-state index contributed by atoms with van der Waals surface area (Å²) in [7, 11) is 0. The molecule has 1 unspecified atom stereocenters. The average Bonchev–Trinajstić information content (AvgIpc) is 3.17. The lowest BCUT2D eigenvalue weighted by molar-refractivity contribution is 0.0924. The van der Waals surface area contributed by atoms with Crippen LogP contribution < -0.4 is 10.1 Å². The number of amides is 1. The predicted octanol–water partition coefficient (Wildman–Crippen LogP) is 3.93. The van der Waals surface area contributed by atoms with Crippen molar-refractivity contribution in [3.8, 4) is 17.0 Å². The van der Waals surface area contributed by atoms with E-state index in [1.807, 2.05) is 24.3 Å². The van der Waals surface area contributed by atoms with Gasteiger partial charge in [-0.05, 0) is 24.3 Å². The first kappa shape index (κ1) is 18.2. The predicted molar refractivity (Wildman–Crippen MR) is 105 cm³/mol. The summed E-state index contributed by atoms with van der Waals surface area (Å²) in [5.41, 5.74) is 1.49. The van der Waals surface area contributed by atoms with E-state index in [1.165, 1.54) is 41.2 Å². The van der Waals surface area contributed by atoms with Crippen molar-refractivity contribution in [1.82, 2.24) is 19.9 Å². The van der Waals surface area contributed by atoms with E-state index >= 15 is 0 Å². The Morgan fingerprint density at radius 3 is 2.73 bits per heavy atom. The minimum absolute atomic E-state index is 0.172. The first-order valence-electron chi connectivity index (χ1n) is 9.42. The molecule has 0 fully saturated rings. The third-order valence-electron chi connectivity index (χ3n) is 5.11. The second-order valence-corrected chi connectivity index (χ2v) is 6.96. The van der Waals surface area contributed by atoms with Gasteiger partial charge in [0.15, 0.2) is 5.65 Å². The minimum Gasteiger partial charge on any atom is -0.493 e. The topological polar surface area (TPSA) is 68.5 Å². The highest BCUT2D eigenvalue weighted by Gasteiger charge is 2.24. The number of nitrogens with one attached hydrogen (secondary N) is 1. The van der Waals surface area contributed by atoms with Crippen LogP contribution in [-0.2, 0) is 0 Å². The Balaban J connectivity index is 1.45. The van der Waals surface area contributed by atoms with Gasteiger partial charge in [-0.25, -0.2) is 18.3 Å². The van der Waals surface area contributed by atoms with Gasteiger partial charge in [-0.3, -0.25) is 4.79 Å². The SMILES string of the molecule is O=C(NC1CCOc2ccccc21)c1cnn2c(-c3c(F)cccc3F)cnc2c1. The van der Waals surface area contributed by atoms with Gasteiger partial charge in [0.2, 0.25) is 0 Å². The van der Waals surface area contributed by atoms with Gasteiger partial charge in [0.1, 0.15) is 17.4 Å². The summed E-state index contributed by atoms with van der Waals surface area (Å²) in [6, 6.07) is 12.6. The zero-order valence-electron chi connectivity index (χ0n) is 15.7. The minimum atomic E-state index is -0.710. The molecule has 150 valence electrons. The standard InChI is InChI=1S/C22H16F2N4O2/c23-15-5-3-6-16(24)21(15)18-12-25-20-10-13(11-26-28(18)20)22(29)27-17-8-9-30-19-7-2-1-4-14(17)19/h1-7,10-12,17H,8-9H2,(H,27,29). The summed E-state index contributed by atoms with van der Waals surface area (Å²) < 4.78 is 35.2. The van der Waals surface area contributed by atoms with Gasteiger partial charge >= 0.3 is 0 Å². The Kier molecular flexibility index (Phi) is 4.39. The molecule has 1 aliphatic rings. The number of aromatic nitrogens is 3. The van der Waals surface area contributed by atoms with Gasteiger partial charge in [0.25, 0.3) is 5.91 Å². The number of halogens is 2. The van der Waals surface area contributed by atoms with E-state index in [1.54, 1.807) is 0 Å². The van der Waals surface area contributed by atoms with Crippen molar-refractivity contribution in [2.45, 2.75) is 12.5 Å². The molecule has 0 saturated carbocycles. The summed E-state index contributed by atoms with van der Waals surface area (Å²) in [6.07, 6.45) is 3.34. The van der Waals surface area contributed by atoms with Crippen LogP contribution in [0.25, 0.3) is 16.9 Å². The van der Waals surface area contributed by atoms with Crippen LogP contribution in [0.5, 0.6) is 5.75 Å². The fourth-order valence-corrected chi connectivity index (χ4v) is 3.65. The number of rotatable bonds is 3. The Morgan fingerprint density at radius 1 is 1.10 bits per heavy atom. The Hall–Kier alpha value is -3.81. The molecule has 0 saturated heterocycles. The van der Waals surface area contributed by atoms with Gasteiger partial charge < -0.3 is 10.1 Å². The lowest BCUT2D eigenvalue weighted by Gasteiger charge is -2.26. The second-order valence-electron chi connectivity index (χ2n) is 6.96. The van der Waals surface area contributed by atoms with Crippen LogP contribution in [0, 0.1) is 11.6 Å². The van der Waals surface area contributed by atoms with E-state index < -0.39 is 11.6 Å². The lowest BCUT2D eigenvalue weighted by Crippen LogP contribution is -2.32. The maximum atomic E-state index is 14.1. The molecule has 0 spiro atoms. The monoisotopic (exact) mass is 406 g/mol. The molecule has 1 N–H and O–H groups in total. The molecule has 3 heterocycles. The molecule has 0 aliphatic carbocycles. The van der Waals surface area contributed by atoms with Crippen LogP contribution in [0.1, 0.15) is 28.4 Å². The molecule has 6 nitrogen and oxygen atoms in total. The first-order chi connectivity index (χ1) is 14.6. The molecule has 30 heavy (non-hydrogen) atoms. The van der Waals surface area contributed by atoms with E-state index in [4.69, 9.17) is 4.74 Å². The number of hydrogen-bond donors (Lipinski definition) is 1. The Labute approximate surface area is 170 Å². The number of imidazole rings is 1. The van der Waals surface area contributed by atoms with Crippen molar-refractivity contribution < 1.29 is 18.3 Å². The van der Waals surface area contributed by atoms with Crippen LogP contribution in [0.3, 0.4) is 0 Å². The number of carbonyl (C=O) groups is 1. The van der Waals surface area contributed by atoms with Gasteiger partial charge in [-0.15, -0.1) is 0 Å². The fourth-order valence-electron chi connectivity index (χ4n) is 3.65. The van der Waals surface area contributed by atoms with E-state index in [2.05, 4.69) is 15.4 Å². The van der Waals surface area contributed by atoms with Crippen molar-refractivity contribution in [2.75, 3.05) is 6.61 Å². The Bertz CT molecular complexity index is 1250. The normalized spacial score (nSPS) is 15.5. The first-order valence-corrected chi connectivity index (χ1v) is 9.42. The highest BCUT2D eigenvalue weighted by molar-refractivity contribution is 5.95. The molecule has 1 aliphatic heterocycles. The highest BCUT2D eigenvalue weighted by atomic mass is 19.1. The van der Waals surface area contributed by atoms with Gasteiger partial charge in [0, 0.05) is 12.0 Å². The molecule has 4 aromatic rings. The molecule has 5 rings (SSSR count). The number of benzene rings is 2. The van der Waals surface area contributed by atoms with Crippen LogP contribution in [0.2, 0.25) is 0 Å². The van der Waals surface area contributed by atoms with Gasteiger partial charge in [0.05, 0.1) is 41.9 Å². The molecule has 0 radical (unpaired) electrons.